The molecule has 1 atom stereocenters. The second-order valence-electron chi connectivity index (χ2n) is 4.58. The summed E-state index contributed by atoms with van der Waals surface area (Å²) in [6.07, 6.45) is 4.88. The number of thiazole rings is 1. The van der Waals surface area contributed by atoms with Crippen LogP contribution in [-0.4, -0.2) is 11.0 Å². The molecule has 0 unspecified atom stereocenters. The van der Waals surface area contributed by atoms with E-state index in [0.29, 0.717) is 5.13 Å². The second-order valence-corrected chi connectivity index (χ2v) is 5.47. The topological polar surface area (TPSA) is 54.0 Å². The number of nitrogens with zero attached hydrogens (tertiary/aromatic N) is 1. The third kappa shape index (κ3) is 2.76. The third-order valence-corrected chi connectivity index (χ3v) is 4.02. The average molecular weight is 273 g/mol. The number of nitrogens with one attached hydrogen (secondary N) is 2. The molecular weight excluding hydrogens is 258 g/mol. The standard InChI is InChI=1S/C14H15N3OS/c18-13(17-14-15-8-9-19-14)16-12-7-3-5-10-4-1-2-6-11(10)12/h1-2,4,6,8-9,12H,3,5,7H2,(H2,15,16,17,18)/t12-/m0/s1. The SMILES string of the molecule is O=C(Nc1nccs1)N[C@H]1CCCc2ccccc21. The molecule has 0 radical (unpaired) electrons. The van der Waals surface area contributed by atoms with Crippen LogP contribution in [0.5, 0.6) is 0 Å². The molecule has 1 aromatic carbocycles. The maximum absolute atomic E-state index is 11.9. The van der Waals surface area contributed by atoms with Crippen LogP contribution in [0.3, 0.4) is 0 Å². The Hall–Kier alpha value is -1.88. The fourth-order valence-corrected chi connectivity index (χ4v) is 3.00. The number of aryl methyl sites for hydroxylation is 1. The number of aromatic nitrogens is 1. The third-order valence-electron chi connectivity index (χ3n) is 3.33. The van der Waals surface area contributed by atoms with Gasteiger partial charge >= 0.3 is 6.03 Å². The van der Waals surface area contributed by atoms with Crippen LogP contribution in [0.1, 0.15) is 30.0 Å². The molecule has 2 aromatic rings. The molecule has 3 rings (SSSR count). The Morgan fingerprint density at radius 1 is 1.37 bits per heavy atom. The first-order chi connectivity index (χ1) is 9.33. The predicted molar refractivity (Wildman–Crippen MR) is 76.4 cm³/mol. The normalized spacial score (nSPS) is 17.6. The highest BCUT2D eigenvalue weighted by Gasteiger charge is 2.21. The number of fused-ring (bicyclic) bond motifs is 1. The molecule has 2 amide bonds. The maximum Gasteiger partial charge on any atom is 0.321 e. The minimum Gasteiger partial charge on any atom is -0.331 e. The van der Waals surface area contributed by atoms with Gasteiger partial charge in [-0.1, -0.05) is 24.3 Å². The van der Waals surface area contributed by atoms with Gasteiger partial charge in [0.1, 0.15) is 0 Å². The van der Waals surface area contributed by atoms with Crippen molar-refractivity contribution in [2.75, 3.05) is 5.32 Å². The van der Waals surface area contributed by atoms with Crippen LogP contribution in [0.25, 0.3) is 0 Å². The van der Waals surface area contributed by atoms with E-state index in [1.54, 1.807) is 6.20 Å². The number of benzene rings is 1. The molecule has 19 heavy (non-hydrogen) atoms. The fourth-order valence-electron chi connectivity index (χ4n) is 2.48. The molecule has 0 fully saturated rings. The van der Waals surface area contributed by atoms with Gasteiger partial charge in [-0.25, -0.2) is 9.78 Å². The molecule has 4 nitrogen and oxygen atoms in total. The largest absolute Gasteiger partial charge is 0.331 e. The molecule has 0 saturated carbocycles. The quantitative estimate of drug-likeness (QED) is 0.881. The Morgan fingerprint density at radius 3 is 3.11 bits per heavy atom. The zero-order valence-corrected chi connectivity index (χ0v) is 11.2. The van der Waals surface area contributed by atoms with E-state index >= 15 is 0 Å². The smallest absolute Gasteiger partial charge is 0.321 e. The second kappa shape index (κ2) is 5.40. The molecule has 1 aliphatic rings. The van der Waals surface area contributed by atoms with Gasteiger partial charge in [0.15, 0.2) is 5.13 Å². The number of anilines is 1. The summed E-state index contributed by atoms with van der Waals surface area (Å²) in [6, 6.07) is 8.24. The van der Waals surface area contributed by atoms with E-state index in [0.717, 1.165) is 19.3 Å². The Morgan fingerprint density at radius 2 is 2.26 bits per heavy atom. The van der Waals surface area contributed by atoms with Gasteiger partial charge in [-0.05, 0) is 30.4 Å². The first-order valence-corrected chi connectivity index (χ1v) is 7.26. The zero-order chi connectivity index (χ0) is 13.1. The molecule has 0 bridgehead atoms. The summed E-state index contributed by atoms with van der Waals surface area (Å²) in [5.41, 5.74) is 2.58. The van der Waals surface area contributed by atoms with Gasteiger partial charge < -0.3 is 5.32 Å². The van der Waals surface area contributed by atoms with Gasteiger partial charge in [-0.15, -0.1) is 11.3 Å². The monoisotopic (exact) mass is 273 g/mol. The lowest BCUT2D eigenvalue weighted by atomic mass is 9.88. The van der Waals surface area contributed by atoms with Crippen molar-refractivity contribution < 1.29 is 4.79 Å². The number of carbonyl (C=O) groups excluding carboxylic acids is 1. The summed E-state index contributed by atoms with van der Waals surface area (Å²) in [4.78, 5) is 16.0. The van der Waals surface area contributed by atoms with Gasteiger partial charge in [0.25, 0.3) is 0 Å². The number of urea groups is 1. The predicted octanol–water partition coefficient (Wildman–Crippen LogP) is 3.34. The number of amides is 2. The molecule has 0 saturated heterocycles. The number of rotatable bonds is 2. The van der Waals surface area contributed by atoms with Gasteiger partial charge in [-0.2, -0.15) is 0 Å². The summed E-state index contributed by atoms with van der Waals surface area (Å²) < 4.78 is 0. The lowest BCUT2D eigenvalue weighted by Crippen LogP contribution is -2.34. The summed E-state index contributed by atoms with van der Waals surface area (Å²) in [5.74, 6) is 0. The zero-order valence-electron chi connectivity index (χ0n) is 10.4. The molecular formula is C14H15N3OS. The van der Waals surface area contributed by atoms with Gasteiger partial charge in [0.2, 0.25) is 0 Å². The number of carbonyl (C=O) groups is 1. The van der Waals surface area contributed by atoms with Crippen LogP contribution < -0.4 is 10.6 Å². The highest BCUT2D eigenvalue weighted by Crippen LogP contribution is 2.29. The first-order valence-electron chi connectivity index (χ1n) is 6.38. The van der Waals surface area contributed by atoms with Crippen molar-refractivity contribution in [2.24, 2.45) is 0 Å². The molecule has 5 heteroatoms. The highest BCUT2D eigenvalue weighted by atomic mass is 32.1. The van der Waals surface area contributed by atoms with E-state index in [1.165, 1.54) is 22.5 Å². The van der Waals surface area contributed by atoms with Gasteiger partial charge in [0.05, 0.1) is 6.04 Å². The molecule has 1 aromatic heterocycles. The molecule has 0 spiro atoms. The average Bonchev–Trinajstić information content (AvgIpc) is 2.92. The van der Waals surface area contributed by atoms with Crippen LogP contribution in [0.4, 0.5) is 9.93 Å². The van der Waals surface area contributed by atoms with Crippen LogP contribution in [-0.2, 0) is 6.42 Å². The van der Waals surface area contributed by atoms with E-state index < -0.39 is 0 Å². The van der Waals surface area contributed by atoms with Crippen molar-refractivity contribution in [3.8, 4) is 0 Å². The van der Waals surface area contributed by atoms with E-state index in [1.807, 2.05) is 11.4 Å². The lowest BCUT2D eigenvalue weighted by molar-refractivity contribution is 0.247. The molecule has 98 valence electrons. The van der Waals surface area contributed by atoms with Crippen molar-refractivity contribution in [1.82, 2.24) is 10.3 Å². The Labute approximate surface area is 115 Å². The minimum atomic E-state index is -0.184. The molecule has 1 aliphatic carbocycles. The number of hydrogen-bond donors (Lipinski definition) is 2. The highest BCUT2D eigenvalue weighted by molar-refractivity contribution is 7.13. The van der Waals surface area contributed by atoms with Crippen LogP contribution >= 0.6 is 11.3 Å². The summed E-state index contributed by atoms with van der Waals surface area (Å²) >= 11 is 1.42. The minimum absolute atomic E-state index is 0.102. The Kier molecular flexibility index (Phi) is 3.46. The fraction of sp³-hybridized carbons (Fsp3) is 0.286. The maximum atomic E-state index is 11.9. The number of hydrogen-bond acceptors (Lipinski definition) is 3. The van der Waals surface area contributed by atoms with Crippen molar-refractivity contribution in [1.29, 1.82) is 0 Å². The van der Waals surface area contributed by atoms with Crippen molar-refractivity contribution in [2.45, 2.75) is 25.3 Å². The Balaban J connectivity index is 1.69. The van der Waals surface area contributed by atoms with Crippen molar-refractivity contribution in [3.05, 3.63) is 47.0 Å². The molecule has 2 N–H and O–H groups in total. The van der Waals surface area contributed by atoms with Gasteiger partial charge in [0, 0.05) is 11.6 Å². The van der Waals surface area contributed by atoms with Crippen LogP contribution in [0, 0.1) is 0 Å². The van der Waals surface area contributed by atoms with E-state index in [2.05, 4.69) is 33.8 Å². The summed E-state index contributed by atoms with van der Waals surface area (Å²) in [6.45, 7) is 0. The Bertz CT molecular complexity index is 568. The lowest BCUT2D eigenvalue weighted by Gasteiger charge is -2.26. The van der Waals surface area contributed by atoms with Gasteiger partial charge in [-0.3, -0.25) is 5.32 Å². The van der Waals surface area contributed by atoms with Crippen molar-refractivity contribution in [3.63, 3.8) is 0 Å². The molecule has 0 aliphatic heterocycles. The van der Waals surface area contributed by atoms with Crippen molar-refractivity contribution >= 4 is 22.5 Å². The van der Waals surface area contributed by atoms with Crippen LogP contribution in [0.15, 0.2) is 35.8 Å². The molecule has 1 heterocycles. The van der Waals surface area contributed by atoms with E-state index in [-0.39, 0.29) is 12.1 Å². The summed E-state index contributed by atoms with van der Waals surface area (Å²) in [5, 5.41) is 8.25. The van der Waals surface area contributed by atoms with Crippen LogP contribution in [0.2, 0.25) is 0 Å². The summed E-state index contributed by atoms with van der Waals surface area (Å²) in [7, 11) is 0. The van der Waals surface area contributed by atoms with E-state index in [4.69, 9.17) is 0 Å². The van der Waals surface area contributed by atoms with E-state index in [9.17, 15) is 4.79 Å². The first kappa shape index (κ1) is 12.2.